The van der Waals surface area contributed by atoms with E-state index in [2.05, 4.69) is 22.5 Å². The lowest BCUT2D eigenvalue weighted by Gasteiger charge is -2.34. The number of pyridine rings is 1. The van der Waals surface area contributed by atoms with Gasteiger partial charge in [0.25, 0.3) is 5.91 Å². The van der Waals surface area contributed by atoms with Crippen molar-refractivity contribution in [3.63, 3.8) is 0 Å². The average molecular weight is 409 g/mol. The summed E-state index contributed by atoms with van der Waals surface area (Å²) in [6.07, 6.45) is 3.99. The van der Waals surface area contributed by atoms with Crippen molar-refractivity contribution in [2.75, 3.05) is 18.4 Å². The predicted octanol–water partition coefficient (Wildman–Crippen LogP) is 3.82. The van der Waals surface area contributed by atoms with Crippen molar-refractivity contribution < 1.29 is 9.59 Å². The third kappa shape index (κ3) is 5.38. The second-order valence-corrected chi connectivity index (χ2v) is 8.14. The number of carbonyl (C=O) groups is 2. The number of hydrogen-bond acceptors (Lipinski definition) is 4. The zero-order valence-electron chi connectivity index (χ0n) is 18.1. The minimum atomic E-state index is -0.119. The number of nitrogens with zero attached hydrogens (tertiary/aromatic N) is 2. The highest BCUT2D eigenvalue weighted by atomic mass is 16.2. The fourth-order valence-electron chi connectivity index (χ4n) is 3.94. The topological polar surface area (TPSA) is 74.3 Å². The number of likely N-dealkylation sites (tertiary alicyclic amines) is 1. The van der Waals surface area contributed by atoms with Gasteiger partial charge in [0.2, 0.25) is 5.91 Å². The molecule has 6 nitrogen and oxygen atoms in total. The highest BCUT2D eigenvalue weighted by Gasteiger charge is 2.29. The summed E-state index contributed by atoms with van der Waals surface area (Å²) in [5.41, 5.74) is 1.63. The molecule has 1 atom stereocenters. The molecule has 1 saturated heterocycles. The van der Waals surface area contributed by atoms with Crippen molar-refractivity contribution >= 4 is 17.6 Å². The van der Waals surface area contributed by atoms with Crippen LogP contribution in [-0.4, -0.2) is 46.9 Å². The lowest BCUT2D eigenvalue weighted by Crippen LogP contribution is -2.47. The Bertz CT molecular complexity index is 845. The van der Waals surface area contributed by atoms with Crippen LogP contribution < -0.4 is 10.6 Å². The SMILES string of the molecule is CCC(C(=O)N1CCC(NC(=O)c2cccnc2NC(C)C)CC1)c1ccccc1. The van der Waals surface area contributed by atoms with Crippen LogP contribution in [0, 0.1) is 0 Å². The van der Waals surface area contributed by atoms with E-state index in [1.165, 1.54) is 0 Å². The summed E-state index contributed by atoms with van der Waals surface area (Å²) in [6, 6.07) is 13.8. The Morgan fingerprint density at radius 3 is 2.43 bits per heavy atom. The molecular formula is C24H32N4O2. The molecular weight excluding hydrogens is 376 g/mol. The number of benzene rings is 1. The van der Waals surface area contributed by atoms with Crippen molar-refractivity contribution in [1.29, 1.82) is 0 Å². The third-order valence-corrected chi connectivity index (χ3v) is 5.53. The number of amides is 2. The molecule has 2 amide bonds. The highest BCUT2D eigenvalue weighted by Crippen LogP contribution is 2.24. The first-order chi connectivity index (χ1) is 14.5. The van der Waals surface area contributed by atoms with Crippen molar-refractivity contribution in [1.82, 2.24) is 15.2 Å². The third-order valence-electron chi connectivity index (χ3n) is 5.53. The summed E-state index contributed by atoms with van der Waals surface area (Å²) in [5, 5.41) is 6.35. The Hall–Kier alpha value is -2.89. The van der Waals surface area contributed by atoms with Gasteiger partial charge in [-0.1, -0.05) is 37.3 Å². The van der Waals surface area contributed by atoms with E-state index in [1.807, 2.05) is 49.1 Å². The van der Waals surface area contributed by atoms with Crippen LogP contribution in [-0.2, 0) is 4.79 Å². The maximum absolute atomic E-state index is 13.0. The smallest absolute Gasteiger partial charge is 0.255 e. The molecule has 2 heterocycles. The standard InChI is InChI=1S/C24H32N4O2/c1-4-20(18-9-6-5-7-10-18)24(30)28-15-12-19(13-16-28)27-23(29)21-11-8-14-25-22(21)26-17(2)3/h5-11,14,17,19-20H,4,12-13,15-16H2,1-3H3,(H,25,26)(H,27,29). The van der Waals surface area contributed by atoms with Crippen molar-refractivity contribution in [3.8, 4) is 0 Å². The van der Waals surface area contributed by atoms with E-state index in [-0.39, 0.29) is 29.8 Å². The van der Waals surface area contributed by atoms with Gasteiger partial charge < -0.3 is 15.5 Å². The zero-order valence-corrected chi connectivity index (χ0v) is 18.1. The van der Waals surface area contributed by atoms with E-state index < -0.39 is 0 Å². The Labute approximate surface area is 179 Å². The molecule has 1 unspecified atom stereocenters. The molecule has 1 fully saturated rings. The fraction of sp³-hybridized carbons (Fsp3) is 0.458. The normalized spacial score (nSPS) is 15.7. The van der Waals surface area contributed by atoms with Gasteiger partial charge in [0.15, 0.2) is 0 Å². The minimum Gasteiger partial charge on any atom is -0.367 e. The van der Waals surface area contributed by atoms with E-state index >= 15 is 0 Å². The van der Waals surface area contributed by atoms with E-state index in [0.717, 1.165) is 24.8 Å². The van der Waals surface area contributed by atoms with Crippen molar-refractivity contribution in [3.05, 3.63) is 59.8 Å². The van der Waals surface area contributed by atoms with Crippen molar-refractivity contribution in [2.24, 2.45) is 0 Å². The lowest BCUT2D eigenvalue weighted by atomic mass is 9.93. The van der Waals surface area contributed by atoms with Crippen LogP contribution >= 0.6 is 0 Å². The van der Waals surface area contributed by atoms with E-state index in [4.69, 9.17) is 0 Å². The molecule has 2 aromatic rings. The van der Waals surface area contributed by atoms with Crippen LogP contribution in [0.1, 0.15) is 61.9 Å². The van der Waals surface area contributed by atoms with Crippen LogP contribution in [0.15, 0.2) is 48.7 Å². The second kappa shape index (κ2) is 10.2. The first-order valence-corrected chi connectivity index (χ1v) is 10.9. The van der Waals surface area contributed by atoms with Gasteiger partial charge in [-0.25, -0.2) is 4.98 Å². The highest BCUT2D eigenvalue weighted by molar-refractivity contribution is 5.98. The number of aromatic nitrogens is 1. The van der Waals surface area contributed by atoms with E-state index in [9.17, 15) is 9.59 Å². The molecule has 160 valence electrons. The molecule has 1 aromatic carbocycles. The maximum atomic E-state index is 13.0. The minimum absolute atomic E-state index is 0.0606. The zero-order chi connectivity index (χ0) is 21.5. The largest absolute Gasteiger partial charge is 0.367 e. The number of hydrogen-bond donors (Lipinski definition) is 2. The molecule has 1 aliphatic heterocycles. The Morgan fingerprint density at radius 2 is 1.80 bits per heavy atom. The summed E-state index contributed by atoms with van der Waals surface area (Å²) in [7, 11) is 0. The molecule has 2 N–H and O–H groups in total. The van der Waals surface area contributed by atoms with Crippen LogP contribution in [0.25, 0.3) is 0 Å². The summed E-state index contributed by atoms with van der Waals surface area (Å²) >= 11 is 0. The Kier molecular flexibility index (Phi) is 7.44. The van der Waals surface area contributed by atoms with Gasteiger partial charge in [0, 0.05) is 31.4 Å². The lowest BCUT2D eigenvalue weighted by molar-refractivity contribution is -0.134. The van der Waals surface area contributed by atoms with Gasteiger partial charge in [0.05, 0.1) is 11.5 Å². The van der Waals surface area contributed by atoms with Gasteiger partial charge >= 0.3 is 0 Å². The molecule has 30 heavy (non-hydrogen) atoms. The number of rotatable bonds is 7. The van der Waals surface area contributed by atoms with Gasteiger partial charge in [-0.15, -0.1) is 0 Å². The van der Waals surface area contributed by atoms with Crippen LogP contribution in [0.4, 0.5) is 5.82 Å². The van der Waals surface area contributed by atoms with Gasteiger partial charge in [-0.05, 0) is 50.8 Å². The molecule has 0 radical (unpaired) electrons. The molecule has 1 aromatic heterocycles. The average Bonchev–Trinajstić information content (AvgIpc) is 2.75. The van der Waals surface area contributed by atoms with Gasteiger partial charge in [0.1, 0.15) is 5.82 Å². The molecule has 0 saturated carbocycles. The quantitative estimate of drug-likeness (QED) is 0.730. The predicted molar refractivity (Wildman–Crippen MR) is 120 cm³/mol. The molecule has 1 aliphatic rings. The van der Waals surface area contributed by atoms with Crippen LogP contribution in [0.2, 0.25) is 0 Å². The molecule has 0 aliphatic carbocycles. The second-order valence-electron chi connectivity index (χ2n) is 8.14. The first kappa shape index (κ1) is 21.8. The number of piperidine rings is 1. The molecule has 0 spiro atoms. The maximum Gasteiger partial charge on any atom is 0.255 e. The summed E-state index contributed by atoms with van der Waals surface area (Å²) in [4.78, 5) is 32.1. The van der Waals surface area contributed by atoms with E-state index in [0.29, 0.717) is 24.5 Å². The Balaban J connectivity index is 1.57. The summed E-state index contributed by atoms with van der Waals surface area (Å²) < 4.78 is 0. The van der Waals surface area contributed by atoms with Crippen molar-refractivity contribution in [2.45, 2.75) is 58.0 Å². The molecule has 3 rings (SSSR count). The number of carbonyl (C=O) groups excluding carboxylic acids is 2. The monoisotopic (exact) mass is 408 g/mol. The number of anilines is 1. The van der Waals surface area contributed by atoms with E-state index in [1.54, 1.807) is 18.3 Å². The number of nitrogens with one attached hydrogen (secondary N) is 2. The fourth-order valence-corrected chi connectivity index (χ4v) is 3.94. The molecule has 6 heteroatoms. The van der Waals surface area contributed by atoms with Gasteiger partial charge in [-0.2, -0.15) is 0 Å². The summed E-state index contributed by atoms with van der Waals surface area (Å²) in [5.74, 6) is 0.569. The van der Waals surface area contributed by atoms with Crippen LogP contribution in [0.3, 0.4) is 0 Å². The first-order valence-electron chi connectivity index (χ1n) is 10.9. The van der Waals surface area contributed by atoms with Gasteiger partial charge in [-0.3, -0.25) is 9.59 Å². The Morgan fingerprint density at radius 1 is 1.10 bits per heavy atom. The van der Waals surface area contributed by atoms with Crippen LogP contribution in [0.5, 0.6) is 0 Å². The summed E-state index contributed by atoms with van der Waals surface area (Å²) in [6.45, 7) is 7.41. The molecule has 0 bridgehead atoms.